The van der Waals surface area contributed by atoms with Gasteiger partial charge in [0.25, 0.3) is 0 Å². The van der Waals surface area contributed by atoms with Crippen LogP contribution in [-0.4, -0.2) is 20.1 Å². The van der Waals surface area contributed by atoms with E-state index < -0.39 is 16.1 Å². The van der Waals surface area contributed by atoms with Crippen LogP contribution in [0.1, 0.15) is 17.4 Å². The summed E-state index contributed by atoms with van der Waals surface area (Å²) in [7, 11) is -3.79. The van der Waals surface area contributed by atoms with Gasteiger partial charge in [-0.15, -0.1) is 0 Å². The highest BCUT2D eigenvalue weighted by molar-refractivity contribution is 7.89. The summed E-state index contributed by atoms with van der Waals surface area (Å²) in [6, 6.07) is 9.95. The highest BCUT2D eigenvalue weighted by atomic mass is 35.5. The predicted molar refractivity (Wildman–Crippen MR) is 98.4 cm³/mol. The molecule has 0 aliphatic heterocycles. The fraction of sp³-hybridized carbons (Fsp3) is 0.176. The monoisotopic (exact) mass is 397 g/mol. The van der Waals surface area contributed by atoms with E-state index in [-0.39, 0.29) is 11.4 Å². The van der Waals surface area contributed by atoms with Gasteiger partial charge >= 0.3 is 0 Å². The van der Waals surface area contributed by atoms with Crippen LogP contribution in [0.4, 0.5) is 0 Å². The van der Waals surface area contributed by atoms with Crippen molar-refractivity contribution >= 4 is 33.0 Å². The van der Waals surface area contributed by atoms with Gasteiger partial charge in [-0.1, -0.05) is 17.7 Å². The van der Waals surface area contributed by atoms with Crippen molar-refractivity contribution in [3.05, 3.63) is 63.5 Å². The predicted octanol–water partition coefficient (Wildman–Crippen LogP) is 3.98. The average Bonchev–Trinajstić information content (AvgIpc) is 3.26. The molecule has 0 fully saturated rings. The SMILES string of the molecule is Cc1c(Cl)cccc1S(=O)(=O)NC[C@@H](O)c1ccc(-c2ccsc2)o1. The number of sulfonamides is 1. The summed E-state index contributed by atoms with van der Waals surface area (Å²) in [6.07, 6.45) is -1.10. The molecule has 0 bridgehead atoms. The largest absolute Gasteiger partial charge is 0.458 e. The summed E-state index contributed by atoms with van der Waals surface area (Å²) in [5.41, 5.74) is 1.38. The third-order valence-electron chi connectivity index (χ3n) is 3.74. The normalized spacial score (nSPS) is 13.1. The number of benzene rings is 1. The van der Waals surface area contributed by atoms with Crippen LogP contribution < -0.4 is 4.72 Å². The number of aliphatic hydroxyl groups excluding tert-OH is 1. The summed E-state index contributed by atoms with van der Waals surface area (Å²) in [6.45, 7) is 1.43. The van der Waals surface area contributed by atoms with Gasteiger partial charge in [0, 0.05) is 22.5 Å². The number of thiophene rings is 1. The molecule has 2 aromatic heterocycles. The van der Waals surface area contributed by atoms with Crippen LogP contribution in [0, 0.1) is 6.92 Å². The lowest BCUT2D eigenvalue weighted by molar-refractivity contribution is 0.155. The second kappa shape index (κ2) is 7.31. The fourth-order valence-electron chi connectivity index (χ4n) is 2.34. The molecular weight excluding hydrogens is 382 g/mol. The van der Waals surface area contributed by atoms with Gasteiger partial charge in [-0.3, -0.25) is 0 Å². The van der Waals surface area contributed by atoms with Crippen molar-refractivity contribution in [3.63, 3.8) is 0 Å². The maximum atomic E-state index is 12.4. The number of halogens is 1. The van der Waals surface area contributed by atoms with Crippen LogP contribution in [0.25, 0.3) is 11.3 Å². The fourth-order valence-corrected chi connectivity index (χ4v) is 4.52. The van der Waals surface area contributed by atoms with Crippen molar-refractivity contribution < 1.29 is 17.9 Å². The molecule has 132 valence electrons. The summed E-state index contributed by atoms with van der Waals surface area (Å²) in [5.74, 6) is 0.926. The van der Waals surface area contributed by atoms with E-state index in [1.807, 2.05) is 16.8 Å². The molecule has 0 aliphatic carbocycles. The van der Waals surface area contributed by atoms with Crippen LogP contribution in [0.15, 0.2) is 56.5 Å². The molecule has 2 heterocycles. The minimum Gasteiger partial charge on any atom is -0.458 e. The van der Waals surface area contributed by atoms with Crippen LogP contribution >= 0.6 is 22.9 Å². The molecule has 5 nitrogen and oxygen atoms in total. The van der Waals surface area contributed by atoms with Gasteiger partial charge in [0.05, 0.1) is 4.90 Å². The number of hydrogen-bond donors (Lipinski definition) is 2. The highest BCUT2D eigenvalue weighted by Gasteiger charge is 2.21. The molecule has 0 saturated carbocycles. The Balaban J connectivity index is 1.71. The molecule has 0 unspecified atom stereocenters. The van der Waals surface area contributed by atoms with Crippen molar-refractivity contribution in [3.8, 4) is 11.3 Å². The first-order valence-corrected chi connectivity index (χ1v) is 10.2. The van der Waals surface area contributed by atoms with E-state index in [1.165, 1.54) is 6.07 Å². The van der Waals surface area contributed by atoms with Gasteiger partial charge in [0.2, 0.25) is 10.0 Å². The zero-order valence-electron chi connectivity index (χ0n) is 13.3. The number of nitrogens with one attached hydrogen (secondary N) is 1. The van der Waals surface area contributed by atoms with E-state index >= 15 is 0 Å². The maximum absolute atomic E-state index is 12.4. The first-order chi connectivity index (χ1) is 11.9. The molecular formula is C17H16ClNO4S2. The second-order valence-electron chi connectivity index (χ2n) is 5.44. The molecule has 8 heteroatoms. The summed E-state index contributed by atoms with van der Waals surface area (Å²) in [5, 5.41) is 14.4. The number of aliphatic hydroxyl groups is 1. The lowest BCUT2D eigenvalue weighted by Crippen LogP contribution is -2.29. The van der Waals surface area contributed by atoms with Gasteiger partial charge in [-0.25, -0.2) is 13.1 Å². The van der Waals surface area contributed by atoms with Crippen molar-refractivity contribution in [2.24, 2.45) is 0 Å². The lowest BCUT2D eigenvalue weighted by atomic mass is 10.2. The summed E-state index contributed by atoms with van der Waals surface area (Å²) in [4.78, 5) is 0.0885. The Morgan fingerprint density at radius 2 is 2.08 bits per heavy atom. The number of rotatable bonds is 6. The Bertz CT molecular complexity index is 964. The minimum atomic E-state index is -3.79. The minimum absolute atomic E-state index is 0.0885. The molecule has 2 N–H and O–H groups in total. The van der Waals surface area contributed by atoms with Gasteiger partial charge in [-0.2, -0.15) is 11.3 Å². The number of hydrogen-bond acceptors (Lipinski definition) is 5. The zero-order chi connectivity index (χ0) is 18.0. The Labute approximate surface area is 154 Å². The van der Waals surface area contributed by atoms with Crippen molar-refractivity contribution in [1.29, 1.82) is 0 Å². The molecule has 3 rings (SSSR count). The molecule has 1 aromatic carbocycles. The molecule has 3 aromatic rings. The molecule has 0 aliphatic rings. The van der Waals surface area contributed by atoms with Gasteiger partial charge < -0.3 is 9.52 Å². The molecule has 0 saturated heterocycles. The quantitative estimate of drug-likeness (QED) is 0.659. The van der Waals surface area contributed by atoms with Crippen molar-refractivity contribution in [2.45, 2.75) is 17.9 Å². The third-order valence-corrected chi connectivity index (χ3v) is 6.40. The highest BCUT2D eigenvalue weighted by Crippen LogP contribution is 2.27. The van der Waals surface area contributed by atoms with Crippen LogP contribution in [0.5, 0.6) is 0 Å². The van der Waals surface area contributed by atoms with Crippen LogP contribution in [0.3, 0.4) is 0 Å². The topological polar surface area (TPSA) is 79.5 Å². The van der Waals surface area contributed by atoms with Crippen molar-refractivity contribution in [2.75, 3.05) is 6.54 Å². The van der Waals surface area contributed by atoms with E-state index in [1.54, 1.807) is 42.5 Å². The van der Waals surface area contributed by atoms with Crippen molar-refractivity contribution in [1.82, 2.24) is 4.72 Å². The van der Waals surface area contributed by atoms with Gasteiger partial charge in [0.1, 0.15) is 17.6 Å². The molecule has 0 spiro atoms. The second-order valence-corrected chi connectivity index (χ2v) is 8.37. The number of furan rings is 1. The zero-order valence-corrected chi connectivity index (χ0v) is 15.7. The van der Waals surface area contributed by atoms with E-state index in [0.717, 1.165) is 5.56 Å². The first-order valence-electron chi connectivity index (χ1n) is 7.43. The molecule has 0 radical (unpaired) electrons. The summed E-state index contributed by atoms with van der Waals surface area (Å²) < 4.78 is 32.8. The summed E-state index contributed by atoms with van der Waals surface area (Å²) >= 11 is 7.52. The Morgan fingerprint density at radius 1 is 1.28 bits per heavy atom. The molecule has 0 amide bonds. The van der Waals surface area contributed by atoms with Gasteiger partial charge in [-0.05, 0) is 48.2 Å². The van der Waals surface area contributed by atoms with E-state index in [9.17, 15) is 13.5 Å². The molecule has 1 atom stereocenters. The Morgan fingerprint density at radius 3 is 2.80 bits per heavy atom. The lowest BCUT2D eigenvalue weighted by Gasteiger charge is -2.12. The Kier molecular flexibility index (Phi) is 5.31. The Hall–Kier alpha value is -1.64. The first kappa shape index (κ1) is 18.2. The third kappa shape index (κ3) is 3.96. The van der Waals surface area contributed by atoms with Crippen LogP contribution in [-0.2, 0) is 10.0 Å². The van der Waals surface area contributed by atoms with Crippen LogP contribution in [0.2, 0.25) is 5.02 Å². The van der Waals surface area contributed by atoms with E-state index in [2.05, 4.69) is 4.72 Å². The standard InChI is InChI=1S/C17H16ClNO4S2/c1-11-13(18)3-2-4-17(11)25(21,22)19-9-14(20)16-6-5-15(23-16)12-7-8-24-10-12/h2-8,10,14,19-20H,9H2,1H3/t14-/m1/s1. The maximum Gasteiger partial charge on any atom is 0.240 e. The van der Waals surface area contributed by atoms with E-state index in [4.69, 9.17) is 16.0 Å². The van der Waals surface area contributed by atoms with E-state index in [0.29, 0.717) is 22.1 Å². The smallest absolute Gasteiger partial charge is 0.240 e. The average molecular weight is 398 g/mol. The molecule has 25 heavy (non-hydrogen) atoms. The van der Waals surface area contributed by atoms with Gasteiger partial charge in [0.15, 0.2) is 0 Å².